The van der Waals surface area contributed by atoms with Crippen LogP contribution in [0.3, 0.4) is 0 Å². The molecule has 0 amide bonds. The summed E-state index contributed by atoms with van der Waals surface area (Å²) in [7, 11) is 0. The molecule has 0 aliphatic heterocycles. The van der Waals surface area contributed by atoms with Crippen LogP contribution in [0.5, 0.6) is 0 Å². The van der Waals surface area contributed by atoms with Crippen molar-refractivity contribution >= 4 is 0 Å². The van der Waals surface area contributed by atoms with Gasteiger partial charge >= 0.3 is 0 Å². The van der Waals surface area contributed by atoms with Crippen LogP contribution in [-0.4, -0.2) is 6.17 Å². The maximum atomic E-state index is 14.9. The van der Waals surface area contributed by atoms with Crippen molar-refractivity contribution < 1.29 is 4.39 Å². The summed E-state index contributed by atoms with van der Waals surface area (Å²) in [6.07, 6.45) is 12.6. The Morgan fingerprint density at radius 1 is 0.800 bits per heavy atom. The molecule has 0 nitrogen and oxygen atoms in total. The highest BCUT2D eigenvalue weighted by Gasteiger charge is 2.59. The van der Waals surface area contributed by atoms with Crippen molar-refractivity contribution in [3.8, 4) is 0 Å². The molecule has 0 unspecified atom stereocenters. The second-order valence-electron chi connectivity index (χ2n) is 9.07. The minimum atomic E-state index is -0.496. The summed E-state index contributed by atoms with van der Waals surface area (Å²) in [5.41, 5.74) is 0.906. The fourth-order valence-corrected chi connectivity index (χ4v) is 7.29. The molecule has 4 aliphatic rings. The Kier molecular flexibility index (Phi) is 3.03. The zero-order valence-electron chi connectivity index (χ0n) is 13.3. The molecular weight excluding hydrogens is 247 g/mol. The molecule has 4 rings (SSSR count). The monoisotopic (exact) mass is 278 g/mol. The molecule has 1 heteroatoms. The van der Waals surface area contributed by atoms with Crippen LogP contribution in [0.2, 0.25) is 0 Å². The Balaban J connectivity index is 1.68. The highest BCUT2D eigenvalue weighted by molar-refractivity contribution is 5.08. The lowest BCUT2D eigenvalue weighted by molar-refractivity contribution is -0.134. The molecule has 4 fully saturated rings. The molecule has 0 aromatic heterocycles. The van der Waals surface area contributed by atoms with E-state index < -0.39 is 6.17 Å². The first kappa shape index (κ1) is 13.6. The van der Waals surface area contributed by atoms with E-state index in [4.69, 9.17) is 0 Å². The van der Waals surface area contributed by atoms with Gasteiger partial charge in [-0.2, -0.15) is 0 Å². The van der Waals surface area contributed by atoms with Gasteiger partial charge in [0.15, 0.2) is 0 Å². The van der Waals surface area contributed by atoms with Gasteiger partial charge in [0.2, 0.25) is 0 Å². The van der Waals surface area contributed by atoms with Gasteiger partial charge in [0.25, 0.3) is 0 Å². The largest absolute Gasteiger partial charge is 0.247 e. The van der Waals surface area contributed by atoms with Gasteiger partial charge in [0.05, 0.1) is 0 Å². The van der Waals surface area contributed by atoms with Gasteiger partial charge in [0.1, 0.15) is 6.17 Å². The normalized spacial score (nSPS) is 58.6. The van der Waals surface area contributed by atoms with Crippen molar-refractivity contribution in [2.45, 2.75) is 84.2 Å². The molecule has 0 radical (unpaired) electrons. The van der Waals surface area contributed by atoms with Crippen molar-refractivity contribution in [3.05, 3.63) is 0 Å². The molecule has 0 heterocycles. The molecule has 0 bridgehead atoms. The van der Waals surface area contributed by atoms with Gasteiger partial charge < -0.3 is 0 Å². The maximum absolute atomic E-state index is 14.9. The Hall–Kier alpha value is -0.0700. The van der Waals surface area contributed by atoms with E-state index >= 15 is 0 Å². The first-order valence-electron chi connectivity index (χ1n) is 9.19. The highest BCUT2D eigenvalue weighted by Crippen LogP contribution is 2.66. The van der Waals surface area contributed by atoms with E-state index in [0.29, 0.717) is 22.7 Å². The minimum absolute atomic E-state index is 0.338. The topological polar surface area (TPSA) is 0 Å². The first-order valence-corrected chi connectivity index (χ1v) is 9.19. The SMILES string of the molecule is C[C@@]12CCC[C@H]1[C@@H]1C[C@H](F)[C@H]3CCCC[C@]3(C)[C@H]1CC2. The lowest BCUT2D eigenvalue weighted by atomic mass is 9.45. The molecule has 4 aliphatic carbocycles. The Morgan fingerprint density at radius 3 is 2.45 bits per heavy atom. The third-order valence-corrected chi connectivity index (χ3v) is 8.33. The van der Waals surface area contributed by atoms with Gasteiger partial charge in [-0.1, -0.05) is 33.1 Å². The number of hydrogen-bond acceptors (Lipinski definition) is 0. The van der Waals surface area contributed by atoms with E-state index in [1.165, 1.54) is 57.8 Å². The van der Waals surface area contributed by atoms with E-state index in [2.05, 4.69) is 13.8 Å². The summed E-state index contributed by atoms with van der Waals surface area (Å²) in [5.74, 6) is 2.80. The van der Waals surface area contributed by atoms with Crippen LogP contribution in [0, 0.1) is 34.5 Å². The standard InChI is InChI=1S/C19H31F/c1-18-9-5-7-14(18)13-12-17(20)16-6-3-4-10-19(16,2)15(13)8-11-18/h13-17H,3-12H2,1-2H3/t13-,14-,15-,16+,17-,18-,19+/m0/s1. The highest BCUT2D eigenvalue weighted by atomic mass is 19.1. The lowest BCUT2D eigenvalue weighted by Gasteiger charge is -2.60. The van der Waals surface area contributed by atoms with E-state index in [1.807, 2.05) is 0 Å². The zero-order chi connectivity index (χ0) is 14.0. The van der Waals surface area contributed by atoms with Gasteiger partial charge in [-0.25, -0.2) is 4.39 Å². The summed E-state index contributed by atoms with van der Waals surface area (Å²) >= 11 is 0. The molecular formula is C19H31F. The number of fused-ring (bicyclic) bond motifs is 5. The molecule has 0 saturated heterocycles. The lowest BCUT2D eigenvalue weighted by Crippen LogP contribution is -2.55. The predicted molar refractivity (Wildman–Crippen MR) is 81.2 cm³/mol. The van der Waals surface area contributed by atoms with Crippen molar-refractivity contribution in [2.75, 3.05) is 0 Å². The Bertz CT molecular complexity index is 391. The average molecular weight is 278 g/mol. The molecule has 0 N–H and O–H groups in total. The van der Waals surface area contributed by atoms with E-state index in [0.717, 1.165) is 18.3 Å². The van der Waals surface area contributed by atoms with Crippen LogP contribution < -0.4 is 0 Å². The molecule has 114 valence electrons. The molecule has 0 aromatic rings. The van der Waals surface area contributed by atoms with Crippen LogP contribution in [-0.2, 0) is 0 Å². The predicted octanol–water partition coefficient (Wildman–Crippen LogP) is 5.76. The smallest absolute Gasteiger partial charge is 0.104 e. The maximum Gasteiger partial charge on any atom is 0.104 e. The fraction of sp³-hybridized carbons (Fsp3) is 1.00. The average Bonchev–Trinajstić information content (AvgIpc) is 2.81. The molecule has 4 saturated carbocycles. The van der Waals surface area contributed by atoms with E-state index in [1.54, 1.807) is 0 Å². The molecule has 20 heavy (non-hydrogen) atoms. The van der Waals surface area contributed by atoms with Gasteiger partial charge in [-0.15, -0.1) is 0 Å². The van der Waals surface area contributed by atoms with Crippen LogP contribution in [0.4, 0.5) is 4.39 Å². The number of halogens is 1. The van der Waals surface area contributed by atoms with Crippen molar-refractivity contribution in [1.29, 1.82) is 0 Å². The third kappa shape index (κ3) is 1.70. The number of alkyl halides is 1. The van der Waals surface area contributed by atoms with Crippen molar-refractivity contribution in [2.24, 2.45) is 34.5 Å². The Morgan fingerprint density at radius 2 is 1.60 bits per heavy atom. The van der Waals surface area contributed by atoms with Gasteiger partial charge in [-0.3, -0.25) is 0 Å². The second kappa shape index (κ2) is 4.46. The number of rotatable bonds is 0. The minimum Gasteiger partial charge on any atom is -0.247 e. The molecule has 7 atom stereocenters. The van der Waals surface area contributed by atoms with Gasteiger partial charge in [0, 0.05) is 0 Å². The summed E-state index contributed by atoms with van der Waals surface area (Å²) in [5, 5.41) is 0. The third-order valence-electron chi connectivity index (χ3n) is 8.33. The van der Waals surface area contributed by atoms with Crippen LogP contribution in [0.25, 0.3) is 0 Å². The van der Waals surface area contributed by atoms with Gasteiger partial charge in [-0.05, 0) is 79.4 Å². The quantitative estimate of drug-likeness (QED) is 0.528. The Labute approximate surface area is 123 Å². The molecule has 0 aromatic carbocycles. The van der Waals surface area contributed by atoms with Crippen molar-refractivity contribution in [1.82, 2.24) is 0 Å². The summed E-state index contributed by atoms with van der Waals surface area (Å²) in [6, 6.07) is 0. The fourth-order valence-electron chi connectivity index (χ4n) is 7.29. The van der Waals surface area contributed by atoms with Crippen LogP contribution >= 0.6 is 0 Å². The first-order chi connectivity index (χ1) is 9.55. The number of hydrogen-bond donors (Lipinski definition) is 0. The second-order valence-corrected chi connectivity index (χ2v) is 9.07. The van der Waals surface area contributed by atoms with E-state index in [-0.39, 0.29) is 0 Å². The van der Waals surface area contributed by atoms with Crippen LogP contribution in [0.1, 0.15) is 78.1 Å². The summed E-state index contributed by atoms with van der Waals surface area (Å²) in [6.45, 7) is 4.99. The molecule has 0 spiro atoms. The van der Waals surface area contributed by atoms with Crippen molar-refractivity contribution in [3.63, 3.8) is 0 Å². The van der Waals surface area contributed by atoms with E-state index in [9.17, 15) is 4.39 Å². The summed E-state index contributed by atoms with van der Waals surface area (Å²) < 4.78 is 14.9. The van der Waals surface area contributed by atoms with Crippen LogP contribution in [0.15, 0.2) is 0 Å². The zero-order valence-corrected chi connectivity index (χ0v) is 13.3. The summed E-state index contributed by atoms with van der Waals surface area (Å²) in [4.78, 5) is 0.